The topological polar surface area (TPSA) is 26.0 Å². The highest BCUT2D eigenvalue weighted by molar-refractivity contribution is 6.14. The average molecular weight is 679 g/mol. The second-order valence-corrected chi connectivity index (χ2v) is 13.3. The normalized spacial score (nSPS) is 11.4. The summed E-state index contributed by atoms with van der Waals surface area (Å²) in [4.78, 5) is 6.95. The van der Waals surface area contributed by atoms with Crippen LogP contribution in [0.5, 0.6) is 0 Å². The summed E-state index contributed by atoms with van der Waals surface area (Å²) in [7, 11) is 0. The SMILES string of the molecule is c1ccc(-c2ccc(N(c3ccc(-c4ccccn4)cc3)c3ccc4c(c3)c3cc5ccn(-c6ccccc6)c5cc3n4-c3ccccc3)cc2)cc1. The molecule has 10 rings (SSSR count). The fourth-order valence-corrected chi connectivity index (χ4v) is 7.64. The van der Waals surface area contributed by atoms with E-state index in [0.717, 1.165) is 39.7 Å². The van der Waals surface area contributed by atoms with Crippen molar-refractivity contribution in [2.45, 2.75) is 0 Å². The van der Waals surface area contributed by atoms with Crippen LogP contribution in [0, 0.1) is 0 Å². The van der Waals surface area contributed by atoms with Crippen molar-refractivity contribution in [3.05, 3.63) is 207 Å². The number of aromatic nitrogens is 3. The molecule has 0 saturated heterocycles. The number of benzene rings is 7. The van der Waals surface area contributed by atoms with E-state index in [-0.39, 0.29) is 0 Å². The first-order valence-electron chi connectivity index (χ1n) is 18.0. The lowest BCUT2D eigenvalue weighted by molar-refractivity contribution is 1.12. The number of rotatable bonds is 7. The van der Waals surface area contributed by atoms with E-state index in [9.17, 15) is 0 Å². The number of nitrogens with zero attached hydrogens (tertiary/aromatic N) is 4. The highest BCUT2D eigenvalue weighted by Crippen LogP contribution is 2.42. The molecule has 0 unspecified atom stereocenters. The molecule has 53 heavy (non-hydrogen) atoms. The maximum absolute atomic E-state index is 4.59. The van der Waals surface area contributed by atoms with E-state index >= 15 is 0 Å². The van der Waals surface area contributed by atoms with Crippen molar-refractivity contribution < 1.29 is 0 Å². The van der Waals surface area contributed by atoms with Crippen molar-refractivity contribution in [3.63, 3.8) is 0 Å². The molecule has 4 nitrogen and oxygen atoms in total. The predicted octanol–water partition coefficient (Wildman–Crippen LogP) is 12.9. The maximum atomic E-state index is 4.59. The van der Waals surface area contributed by atoms with Gasteiger partial charge in [-0.2, -0.15) is 0 Å². The molecule has 3 aromatic heterocycles. The number of hydrogen-bond donors (Lipinski definition) is 0. The second-order valence-electron chi connectivity index (χ2n) is 13.3. The Morgan fingerprint density at radius 1 is 0.396 bits per heavy atom. The third kappa shape index (κ3) is 5.45. The van der Waals surface area contributed by atoms with Crippen LogP contribution in [0.1, 0.15) is 0 Å². The van der Waals surface area contributed by atoms with Gasteiger partial charge in [-0.1, -0.05) is 97.1 Å². The van der Waals surface area contributed by atoms with Gasteiger partial charge in [0.1, 0.15) is 0 Å². The van der Waals surface area contributed by atoms with Crippen LogP contribution in [0.15, 0.2) is 207 Å². The van der Waals surface area contributed by atoms with Crippen LogP contribution in [-0.4, -0.2) is 14.1 Å². The van der Waals surface area contributed by atoms with Crippen LogP contribution >= 0.6 is 0 Å². The first kappa shape index (κ1) is 30.6. The van der Waals surface area contributed by atoms with Gasteiger partial charge in [0.05, 0.1) is 22.2 Å². The summed E-state index contributed by atoms with van der Waals surface area (Å²) in [6, 6.07) is 69.3. The highest BCUT2D eigenvalue weighted by atomic mass is 15.1. The molecule has 0 atom stereocenters. The van der Waals surface area contributed by atoms with Crippen molar-refractivity contribution in [2.75, 3.05) is 4.90 Å². The summed E-state index contributed by atoms with van der Waals surface area (Å²) in [5.74, 6) is 0. The van der Waals surface area contributed by atoms with E-state index in [1.165, 1.54) is 43.8 Å². The van der Waals surface area contributed by atoms with Crippen LogP contribution in [-0.2, 0) is 0 Å². The van der Waals surface area contributed by atoms with Gasteiger partial charge in [0.25, 0.3) is 0 Å². The largest absolute Gasteiger partial charge is 0.316 e. The molecule has 0 amide bonds. The molecule has 0 radical (unpaired) electrons. The Morgan fingerprint density at radius 2 is 0.981 bits per heavy atom. The average Bonchev–Trinajstić information content (AvgIpc) is 3.80. The van der Waals surface area contributed by atoms with Crippen molar-refractivity contribution >= 4 is 49.8 Å². The molecule has 4 heteroatoms. The Labute approximate surface area is 308 Å². The first-order chi connectivity index (χ1) is 26.3. The van der Waals surface area contributed by atoms with E-state index in [4.69, 9.17) is 0 Å². The Morgan fingerprint density at radius 3 is 1.66 bits per heavy atom. The van der Waals surface area contributed by atoms with Gasteiger partial charge >= 0.3 is 0 Å². The summed E-state index contributed by atoms with van der Waals surface area (Å²) in [5.41, 5.74) is 13.5. The Bertz CT molecular complexity index is 2760. The molecular formula is C49H34N4. The van der Waals surface area contributed by atoms with Crippen molar-refractivity contribution in [3.8, 4) is 33.8 Å². The van der Waals surface area contributed by atoms with Gasteiger partial charge in [0.2, 0.25) is 0 Å². The number of pyridine rings is 1. The van der Waals surface area contributed by atoms with E-state index in [0.29, 0.717) is 0 Å². The number of para-hydroxylation sites is 2. The molecule has 7 aromatic carbocycles. The van der Waals surface area contributed by atoms with Gasteiger partial charge in [-0.3, -0.25) is 4.98 Å². The lowest BCUT2D eigenvalue weighted by Gasteiger charge is -2.26. The van der Waals surface area contributed by atoms with Gasteiger partial charge in [-0.05, 0) is 108 Å². The Balaban J connectivity index is 1.17. The number of hydrogen-bond acceptors (Lipinski definition) is 2. The van der Waals surface area contributed by atoms with Gasteiger partial charge in [-0.15, -0.1) is 0 Å². The lowest BCUT2D eigenvalue weighted by atomic mass is 10.0. The fourth-order valence-electron chi connectivity index (χ4n) is 7.64. The second kappa shape index (κ2) is 12.9. The summed E-state index contributed by atoms with van der Waals surface area (Å²) < 4.78 is 4.68. The molecule has 0 fully saturated rings. The predicted molar refractivity (Wildman–Crippen MR) is 221 cm³/mol. The zero-order valence-corrected chi connectivity index (χ0v) is 28.9. The first-order valence-corrected chi connectivity index (χ1v) is 18.0. The van der Waals surface area contributed by atoms with Crippen molar-refractivity contribution in [2.24, 2.45) is 0 Å². The minimum Gasteiger partial charge on any atom is -0.316 e. The summed E-state index contributed by atoms with van der Waals surface area (Å²) >= 11 is 0. The van der Waals surface area contributed by atoms with Gasteiger partial charge in [-0.25, -0.2) is 0 Å². The quantitative estimate of drug-likeness (QED) is 0.168. The van der Waals surface area contributed by atoms with Gasteiger partial charge in [0, 0.05) is 62.6 Å². The minimum absolute atomic E-state index is 0.959. The Kier molecular flexibility index (Phi) is 7.43. The molecule has 0 aliphatic rings. The minimum atomic E-state index is 0.959. The third-order valence-corrected chi connectivity index (χ3v) is 10.2. The van der Waals surface area contributed by atoms with E-state index in [1.807, 2.05) is 18.3 Å². The summed E-state index contributed by atoms with van der Waals surface area (Å²) in [6.45, 7) is 0. The molecule has 10 aromatic rings. The monoisotopic (exact) mass is 678 g/mol. The number of anilines is 3. The van der Waals surface area contributed by atoms with Crippen LogP contribution in [0.25, 0.3) is 66.5 Å². The molecule has 0 bridgehead atoms. The molecular weight excluding hydrogens is 645 g/mol. The molecule has 3 heterocycles. The zero-order valence-electron chi connectivity index (χ0n) is 28.9. The van der Waals surface area contributed by atoms with Gasteiger partial charge < -0.3 is 14.0 Å². The number of fused-ring (bicyclic) bond motifs is 4. The lowest BCUT2D eigenvalue weighted by Crippen LogP contribution is -2.10. The molecule has 0 aliphatic heterocycles. The van der Waals surface area contributed by atoms with Crippen molar-refractivity contribution in [1.82, 2.24) is 14.1 Å². The van der Waals surface area contributed by atoms with Crippen LogP contribution in [0.2, 0.25) is 0 Å². The third-order valence-electron chi connectivity index (χ3n) is 10.2. The summed E-state index contributed by atoms with van der Waals surface area (Å²) in [5, 5.41) is 3.62. The molecule has 250 valence electrons. The van der Waals surface area contributed by atoms with Crippen LogP contribution < -0.4 is 4.90 Å². The van der Waals surface area contributed by atoms with Crippen molar-refractivity contribution in [1.29, 1.82) is 0 Å². The smallest absolute Gasteiger partial charge is 0.0701 e. The van der Waals surface area contributed by atoms with E-state index in [2.05, 4.69) is 207 Å². The fraction of sp³-hybridized carbons (Fsp3) is 0. The standard InChI is InChI=1S/C49H34N4/c1-4-12-35(13-5-1)36-19-23-41(24-20-36)52(42-25-21-37(22-26-42)46-18-10-11-30-50-46)43-27-28-47-45(33-43)44-32-38-29-31-51(39-14-6-2-7-15-39)48(38)34-49(44)53(47)40-16-8-3-9-17-40/h1-34H. The molecule has 0 N–H and O–H groups in total. The molecule has 0 saturated carbocycles. The maximum Gasteiger partial charge on any atom is 0.0701 e. The molecule has 0 aliphatic carbocycles. The van der Waals surface area contributed by atoms with Crippen LogP contribution in [0.4, 0.5) is 17.1 Å². The van der Waals surface area contributed by atoms with Gasteiger partial charge in [0.15, 0.2) is 0 Å². The summed E-state index contributed by atoms with van der Waals surface area (Å²) in [6.07, 6.45) is 4.02. The van der Waals surface area contributed by atoms with Crippen LogP contribution in [0.3, 0.4) is 0 Å². The van der Waals surface area contributed by atoms with E-state index in [1.54, 1.807) is 0 Å². The molecule has 0 spiro atoms. The van der Waals surface area contributed by atoms with E-state index < -0.39 is 0 Å². The Hall–Kier alpha value is -7.17. The zero-order chi connectivity index (χ0) is 35.1. The highest BCUT2D eigenvalue weighted by Gasteiger charge is 2.19.